The summed E-state index contributed by atoms with van der Waals surface area (Å²) in [5.41, 5.74) is 8.91. The number of benzene rings is 1. The van der Waals surface area contributed by atoms with E-state index in [1.807, 2.05) is 0 Å². The highest BCUT2D eigenvalue weighted by Gasteiger charge is 2.24. The van der Waals surface area contributed by atoms with Gasteiger partial charge in [-0.15, -0.1) is 0 Å². The molecule has 1 aliphatic heterocycles. The monoisotopic (exact) mass is 396 g/mol. The van der Waals surface area contributed by atoms with Crippen LogP contribution in [0.25, 0.3) is 22.6 Å². The Kier molecular flexibility index (Phi) is 5.03. The molecule has 29 heavy (non-hydrogen) atoms. The summed E-state index contributed by atoms with van der Waals surface area (Å²) in [7, 11) is 0. The lowest BCUT2D eigenvalue weighted by atomic mass is 10.0. The zero-order valence-corrected chi connectivity index (χ0v) is 16.1. The first kappa shape index (κ1) is 19.1. The molecule has 1 fully saturated rings. The van der Waals surface area contributed by atoms with Crippen LogP contribution in [0.3, 0.4) is 0 Å². The molecule has 9 heteroatoms. The Hall–Kier alpha value is -3.25. The lowest BCUT2D eigenvalue weighted by Crippen LogP contribution is -2.31. The van der Waals surface area contributed by atoms with Gasteiger partial charge >= 0.3 is 5.69 Å². The summed E-state index contributed by atoms with van der Waals surface area (Å²) in [6, 6.07) is 5.38. The van der Waals surface area contributed by atoms with Crippen molar-refractivity contribution in [3.8, 4) is 17.5 Å². The number of aryl methyl sites for hydroxylation is 1. The molecule has 0 unspecified atom stereocenters. The fraction of sp³-hybridized carbons (Fsp3) is 0.400. The average molecular weight is 396 g/mol. The van der Waals surface area contributed by atoms with Crippen LogP contribution in [0.5, 0.6) is 0 Å². The minimum atomic E-state index is -0.653. The second-order valence-corrected chi connectivity index (χ2v) is 7.05. The molecular formula is C20H21FN6O2. The minimum absolute atomic E-state index is 0.0445. The summed E-state index contributed by atoms with van der Waals surface area (Å²) in [6.45, 7) is 2.24. The molecule has 3 heterocycles. The Morgan fingerprint density at radius 3 is 2.83 bits per heavy atom. The summed E-state index contributed by atoms with van der Waals surface area (Å²) in [5, 5.41) is 9.17. The second kappa shape index (κ2) is 7.64. The van der Waals surface area contributed by atoms with Crippen molar-refractivity contribution in [3.05, 3.63) is 39.9 Å². The van der Waals surface area contributed by atoms with Gasteiger partial charge < -0.3 is 10.5 Å². The molecule has 2 N–H and O–H groups in total. The van der Waals surface area contributed by atoms with E-state index in [2.05, 4.69) is 16.0 Å². The van der Waals surface area contributed by atoms with E-state index in [-0.39, 0.29) is 18.3 Å². The predicted molar refractivity (Wildman–Crippen MR) is 106 cm³/mol. The van der Waals surface area contributed by atoms with Crippen molar-refractivity contribution < 1.29 is 9.13 Å². The third-order valence-corrected chi connectivity index (χ3v) is 5.45. The predicted octanol–water partition coefficient (Wildman–Crippen LogP) is 2.34. The van der Waals surface area contributed by atoms with Gasteiger partial charge in [-0.3, -0.25) is 9.13 Å². The van der Waals surface area contributed by atoms with Gasteiger partial charge in [0.05, 0.1) is 24.0 Å². The molecule has 0 aliphatic carbocycles. The van der Waals surface area contributed by atoms with Crippen LogP contribution in [-0.2, 0) is 11.3 Å². The number of hydrogen-bond acceptors (Lipinski definition) is 6. The maximum absolute atomic E-state index is 13.1. The third kappa shape index (κ3) is 3.15. The number of anilines is 1. The number of ether oxygens (including phenoxy) is 1. The molecule has 8 nitrogen and oxygen atoms in total. The number of alkyl halides is 1. The Morgan fingerprint density at radius 2 is 2.14 bits per heavy atom. The highest BCUT2D eigenvalue weighted by Crippen LogP contribution is 2.29. The van der Waals surface area contributed by atoms with Crippen LogP contribution < -0.4 is 11.4 Å². The normalized spacial score (nSPS) is 14.9. The zero-order valence-electron chi connectivity index (χ0n) is 16.1. The van der Waals surface area contributed by atoms with Gasteiger partial charge in [-0.2, -0.15) is 5.26 Å². The van der Waals surface area contributed by atoms with E-state index in [1.165, 1.54) is 4.57 Å². The molecular weight excluding hydrogens is 375 g/mol. The highest BCUT2D eigenvalue weighted by atomic mass is 19.1. The SMILES string of the molecule is Cc1c(-c2ncc3c(n2)n(C2CCOCC2)c(=O)n3CCF)ccc(C#N)c1N. The highest BCUT2D eigenvalue weighted by molar-refractivity contribution is 5.77. The van der Waals surface area contributed by atoms with Crippen molar-refractivity contribution in [2.45, 2.75) is 32.4 Å². The number of halogens is 1. The van der Waals surface area contributed by atoms with Crippen molar-refractivity contribution in [1.29, 1.82) is 5.26 Å². The molecule has 0 spiro atoms. The molecule has 1 aromatic carbocycles. The molecule has 1 saturated heterocycles. The Labute approximate surface area is 166 Å². The first-order chi connectivity index (χ1) is 14.1. The number of fused-ring (bicyclic) bond motifs is 1. The number of imidazole rings is 1. The molecule has 150 valence electrons. The van der Waals surface area contributed by atoms with Crippen molar-refractivity contribution in [1.82, 2.24) is 19.1 Å². The van der Waals surface area contributed by atoms with Crippen molar-refractivity contribution >= 4 is 16.9 Å². The molecule has 4 rings (SSSR count). The fourth-order valence-corrected chi connectivity index (χ4v) is 3.83. The van der Waals surface area contributed by atoms with Crippen molar-refractivity contribution in [3.63, 3.8) is 0 Å². The number of rotatable bonds is 4. The van der Waals surface area contributed by atoms with Crippen LogP contribution in [-0.4, -0.2) is 39.0 Å². The largest absolute Gasteiger partial charge is 0.397 e. The van der Waals surface area contributed by atoms with Gasteiger partial charge in [-0.25, -0.2) is 19.2 Å². The number of hydrogen-bond donors (Lipinski definition) is 1. The standard InChI is InChI=1S/C20H21FN6O2/c1-12-15(3-2-13(10-22)17(12)23)18-24-11-16-19(25-18)27(14-4-8-29-9-5-14)20(28)26(16)7-6-21/h2-3,11,14H,4-9,23H2,1H3. The third-order valence-electron chi connectivity index (χ3n) is 5.45. The number of nitrogens with two attached hydrogens (primary N) is 1. The first-order valence-corrected chi connectivity index (χ1v) is 9.47. The Balaban J connectivity index is 1.92. The summed E-state index contributed by atoms with van der Waals surface area (Å²) < 4.78 is 21.5. The molecule has 2 aromatic heterocycles. The molecule has 0 atom stereocenters. The maximum atomic E-state index is 13.1. The summed E-state index contributed by atoms with van der Waals surface area (Å²) in [5.74, 6) is 0.407. The number of aromatic nitrogens is 4. The van der Waals surface area contributed by atoms with Crippen LogP contribution in [0.15, 0.2) is 23.1 Å². The van der Waals surface area contributed by atoms with E-state index in [4.69, 9.17) is 15.7 Å². The topological polar surface area (TPSA) is 112 Å². The molecule has 0 amide bonds. The molecule has 0 radical (unpaired) electrons. The van der Waals surface area contributed by atoms with Gasteiger partial charge in [0, 0.05) is 24.8 Å². The van der Waals surface area contributed by atoms with Gasteiger partial charge in [-0.1, -0.05) is 0 Å². The summed E-state index contributed by atoms with van der Waals surface area (Å²) >= 11 is 0. The van der Waals surface area contributed by atoms with Gasteiger partial charge in [0.15, 0.2) is 11.5 Å². The summed E-state index contributed by atoms with van der Waals surface area (Å²) in [6.07, 6.45) is 2.94. The van der Waals surface area contributed by atoms with Crippen molar-refractivity contribution in [2.75, 3.05) is 25.6 Å². The number of nitriles is 1. The van der Waals surface area contributed by atoms with Crippen LogP contribution >= 0.6 is 0 Å². The van der Waals surface area contributed by atoms with Crippen LogP contribution in [0.2, 0.25) is 0 Å². The zero-order chi connectivity index (χ0) is 20.5. The second-order valence-electron chi connectivity index (χ2n) is 7.05. The van der Waals surface area contributed by atoms with Crippen LogP contribution in [0.4, 0.5) is 10.1 Å². The Morgan fingerprint density at radius 1 is 1.38 bits per heavy atom. The minimum Gasteiger partial charge on any atom is -0.397 e. The van der Waals surface area contributed by atoms with E-state index in [9.17, 15) is 9.18 Å². The van der Waals surface area contributed by atoms with E-state index in [0.29, 0.717) is 65.4 Å². The Bertz CT molecular complexity index is 1170. The van der Waals surface area contributed by atoms with E-state index in [1.54, 1.807) is 29.8 Å². The van der Waals surface area contributed by atoms with Gasteiger partial charge in [0.2, 0.25) is 0 Å². The molecule has 1 aliphatic rings. The van der Waals surface area contributed by atoms with Gasteiger partial charge in [0.25, 0.3) is 0 Å². The first-order valence-electron chi connectivity index (χ1n) is 9.47. The summed E-state index contributed by atoms with van der Waals surface area (Å²) in [4.78, 5) is 22.1. The lowest BCUT2D eigenvalue weighted by Gasteiger charge is -2.23. The number of nitrogens with zero attached hydrogens (tertiary/aromatic N) is 5. The van der Waals surface area contributed by atoms with Gasteiger partial charge in [0.1, 0.15) is 18.3 Å². The van der Waals surface area contributed by atoms with Crippen LogP contribution in [0.1, 0.15) is 30.0 Å². The molecule has 0 saturated carbocycles. The van der Waals surface area contributed by atoms with Crippen LogP contribution in [0, 0.1) is 18.3 Å². The van der Waals surface area contributed by atoms with E-state index >= 15 is 0 Å². The van der Waals surface area contributed by atoms with Crippen molar-refractivity contribution in [2.24, 2.45) is 0 Å². The lowest BCUT2D eigenvalue weighted by molar-refractivity contribution is 0.0694. The van der Waals surface area contributed by atoms with Gasteiger partial charge in [-0.05, 0) is 37.5 Å². The quantitative estimate of drug-likeness (QED) is 0.678. The molecule has 0 bridgehead atoms. The number of nitrogen functional groups attached to an aromatic ring is 1. The maximum Gasteiger partial charge on any atom is 0.330 e. The molecule has 3 aromatic rings. The fourth-order valence-electron chi connectivity index (χ4n) is 3.83. The average Bonchev–Trinajstić information content (AvgIpc) is 3.02. The van der Waals surface area contributed by atoms with E-state index in [0.717, 1.165) is 0 Å². The van der Waals surface area contributed by atoms with E-state index < -0.39 is 6.67 Å². The smallest absolute Gasteiger partial charge is 0.330 e.